The minimum Gasteiger partial charge on any atom is -0.365 e. The molecule has 0 unspecified atom stereocenters. The van der Waals surface area contributed by atoms with E-state index in [2.05, 4.69) is 20.3 Å². The molecule has 4 nitrogen and oxygen atoms in total. The number of nitrogens with one attached hydrogen (secondary N) is 1. The van der Waals surface area contributed by atoms with Crippen LogP contribution in [0.2, 0.25) is 0 Å². The zero-order chi connectivity index (χ0) is 26.9. The lowest BCUT2D eigenvalue weighted by Crippen LogP contribution is -2.07. The Morgan fingerprint density at radius 3 is 2.03 bits per heavy atom. The van der Waals surface area contributed by atoms with Crippen LogP contribution in [0.4, 0.5) is 32.2 Å². The van der Waals surface area contributed by atoms with Crippen molar-refractivity contribution in [1.82, 2.24) is 15.0 Å². The van der Waals surface area contributed by atoms with Crippen LogP contribution >= 0.6 is 0 Å². The Morgan fingerprint density at radius 2 is 1.34 bits per heavy atom. The van der Waals surface area contributed by atoms with E-state index in [0.29, 0.717) is 34.6 Å². The maximum atomic E-state index is 13.0. The molecule has 5 aromatic rings. The van der Waals surface area contributed by atoms with Gasteiger partial charge >= 0.3 is 12.4 Å². The first-order valence-electron chi connectivity index (χ1n) is 11.4. The summed E-state index contributed by atoms with van der Waals surface area (Å²) in [5.41, 5.74) is 1.19. The quantitative estimate of drug-likeness (QED) is 0.237. The number of para-hydroxylation sites is 1. The summed E-state index contributed by atoms with van der Waals surface area (Å²) in [5, 5.41) is 3.98. The molecule has 0 atom stereocenters. The Labute approximate surface area is 213 Å². The molecule has 0 fully saturated rings. The van der Waals surface area contributed by atoms with Gasteiger partial charge in [-0.25, -0.2) is 9.97 Å². The Balaban J connectivity index is 1.39. The highest BCUT2D eigenvalue weighted by Gasteiger charge is 2.32. The molecule has 0 aliphatic carbocycles. The molecule has 5 rings (SSSR count). The van der Waals surface area contributed by atoms with Gasteiger partial charge in [-0.05, 0) is 53.1 Å². The first-order chi connectivity index (χ1) is 18.1. The van der Waals surface area contributed by atoms with Crippen molar-refractivity contribution >= 4 is 16.7 Å². The fourth-order valence-electron chi connectivity index (χ4n) is 3.91. The van der Waals surface area contributed by atoms with Gasteiger partial charge in [-0.2, -0.15) is 26.3 Å². The molecule has 1 N–H and O–H groups in total. The van der Waals surface area contributed by atoms with E-state index in [4.69, 9.17) is 0 Å². The number of hydrogen-bond donors (Lipinski definition) is 1. The molecule has 0 saturated carbocycles. The molecule has 0 amide bonds. The average molecular weight is 524 g/mol. The van der Waals surface area contributed by atoms with Crippen LogP contribution in [-0.2, 0) is 18.9 Å². The molecule has 0 saturated heterocycles. The second-order valence-electron chi connectivity index (χ2n) is 8.47. The standard InChI is InChI=1S/C28H18F6N4/c29-27(30,31)21-11-9-19(10-12-21)25-37-23-4-2-1-3-22(23)26(38-25)36-16-17-5-7-18(8-6-17)20-13-14-35-24(15-20)28(32,33)34/h1-15H,16H2,(H,36,37,38). The minimum atomic E-state index is -4.53. The predicted octanol–water partition coefficient (Wildman–Crippen LogP) is 8.01. The van der Waals surface area contributed by atoms with Crippen molar-refractivity contribution < 1.29 is 26.3 Å². The van der Waals surface area contributed by atoms with Gasteiger partial charge in [0.15, 0.2) is 5.82 Å². The van der Waals surface area contributed by atoms with Crippen molar-refractivity contribution in [1.29, 1.82) is 0 Å². The van der Waals surface area contributed by atoms with Gasteiger partial charge in [-0.3, -0.25) is 4.98 Å². The lowest BCUT2D eigenvalue weighted by atomic mass is 10.0. The van der Waals surface area contributed by atoms with Crippen LogP contribution in [0.1, 0.15) is 16.8 Å². The molecular weight excluding hydrogens is 506 g/mol. The smallest absolute Gasteiger partial charge is 0.365 e. The summed E-state index contributed by atoms with van der Waals surface area (Å²) >= 11 is 0. The van der Waals surface area contributed by atoms with Gasteiger partial charge in [0, 0.05) is 23.7 Å². The molecule has 0 radical (unpaired) electrons. The highest BCUT2D eigenvalue weighted by atomic mass is 19.4. The second kappa shape index (κ2) is 9.77. The van der Waals surface area contributed by atoms with Crippen LogP contribution in [0, 0.1) is 0 Å². The van der Waals surface area contributed by atoms with Crippen molar-refractivity contribution in [3.05, 3.63) is 108 Å². The zero-order valence-corrected chi connectivity index (χ0v) is 19.5. The minimum absolute atomic E-state index is 0.272. The van der Waals surface area contributed by atoms with Crippen LogP contribution in [0.25, 0.3) is 33.4 Å². The van der Waals surface area contributed by atoms with Crippen molar-refractivity contribution in [3.8, 4) is 22.5 Å². The highest BCUT2D eigenvalue weighted by Crippen LogP contribution is 2.32. The SMILES string of the molecule is FC(F)(F)c1ccc(-c2nc(NCc3ccc(-c4ccnc(C(F)(F)F)c4)cc3)c3ccccc3n2)cc1. The Bertz CT molecular complexity index is 1580. The third-order valence-corrected chi connectivity index (χ3v) is 5.87. The second-order valence-corrected chi connectivity index (χ2v) is 8.47. The first-order valence-corrected chi connectivity index (χ1v) is 11.4. The van der Waals surface area contributed by atoms with E-state index in [0.717, 1.165) is 35.3 Å². The summed E-state index contributed by atoms with van der Waals surface area (Å²) in [7, 11) is 0. The summed E-state index contributed by atoms with van der Waals surface area (Å²) in [6.45, 7) is 0.345. The fourth-order valence-corrected chi connectivity index (χ4v) is 3.91. The van der Waals surface area contributed by atoms with Gasteiger partial charge in [0.05, 0.1) is 11.1 Å². The van der Waals surface area contributed by atoms with Gasteiger partial charge in [0.25, 0.3) is 0 Å². The molecule has 0 aliphatic rings. The van der Waals surface area contributed by atoms with E-state index in [1.165, 1.54) is 18.2 Å². The van der Waals surface area contributed by atoms with E-state index in [-0.39, 0.29) is 5.82 Å². The molecule has 10 heteroatoms. The van der Waals surface area contributed by atoms with Crippen LogP contribution in [-0.4, -0.2) is 15.0 Å². The van der Waals surface area contributed by atoms with Crippen LogP contribution in [0.5, 0.6) is 0 Å². The fraction of sp³-hybridized carbons (Fsp3) is 0.107. The topological polar surface area (TPSA) is 50.7 Å². The molecule has 2 aromatic heterocycles. The molecular formula is C28H18F6N4. The number of hydrogen-bond acceptors (Lipinski definition) is 4. The molecule has 38 heavy (non-hydrogen) atoms. The van der Waals surface area contributed by atoms with Crippen LogP contribution in [0.15, 0.2) is 91.1 Å². The van der Waals surface area contributed by atoms with Gasteiger partial charge in [-0.1, -0.05) is 48.5 Å². The van der Waals surface area contributed by atoms with Gasteiger partial charge in [0.2, 0.25) is 0 Å². The van der Waals surface area contributed by atoms with Gasteiger partial charge in [0.1, 0.15) is 11.5 Å². The lowest BCUT2D eigenvalue weighted by molar-refractivity contribution is -0.141. The number of aromatic nitrogens is 3. The zero-order valence-electron chi connectivity index (χ0n) is 19.5. The molecule has 0 bridgehead atoms. The molecule has 0 aliphatic heterocycles. The highest BCUT2D eigenvalue weighted by molar-refractivity contribution is 5.90. The van der Waals surface area contributed by atoms with Crippen molar-refractivity contribution in [2.24, 2.45) is 0 Å². The number of benzene rings is 3. The number of fused-ring (bicyclic) bond motifs is 1. The first kappa shape index (κ1) is 25.2. The Hall–Kier alpha value is -4.47. The van der Waals surface area contributed by atoms with Crippen molar-refractivity contribution in [2.75, 3.05) is 5.32 Å². The number of halogens is 6. The average Bonchev–Trinajstić information content (AvgIpc) is 2.91. The van der Waals surface area contributed by atoms with Crippen LogP contribution < -0.4 is 5.32 Å². The van der Waals surface area contributed by atoms with Crippen molar-refractivity contribution in [2.45, 2.75) is 18.9 Å². The number of nitrogens with zero attached hydrogens (tertiary/aromatic N) is 3. The van der Waals surface area contributed by atoms with E-state index >= 15 is 0 Å². The molecule has 3 aromatic carbocycles. The third kappa shape index (κ3) is 5.44. The maximum absolute atomic E-state index is 13.0. The van der Waals surface area contributed by atoms with E-state index in [1.807, 2.05) is 12.1 Å². The summed E-state index contributed by atoms with van der Waals surface area (Å²) in [4.78, 5) is 12.5. The van der Waals surface area contributed by atoms with Crippen molar-refractivity contribution in [3.63, 3.8) is 0 Å². The monoisotopic (exact) mass is 524 g/mol. The third-order valence-electron chi connectivity index (χ3n) is 5.87. The maximum Gasteiger partial charge on any atom is 0.433 e. The summed E-state index contributed by atoms with van der Waals surface area (Å²) in [6.07, 6.45) is -7.84. The normalized spacial score (nSPS) is 12.1. The van der Waals surface area contributed by atoms with Crippen LogP contribution in [0.3, 0.4) is 0 Å². The summed E-state index contributed by atoms with van der Waals surface area (Å²) in [6, 6.07) is 21.4. The largest absolute Gasteiger partial charge is 0.433 e. The summed E-state index contributed by atoms with van der Waals surface area (Å²) < 4.78 is 77.8. The van der Waals surface area contributed by atoms with Gasteiger partial charge in [-0.15, -0.1) is 0 Å². The number of rotatable bonds is 5. The Morgan fingerprint density at radius 1 is 0.658 bits per heavy atom. The number of anilines is 1. The lowest BCUT2D eigenvalue weighted by Gasteiger charge is -2.12. The number of pyridine rings is 1. The summed E-state index contributed by atoms with van der Waals surface area (Å²) in [5.74, 6) is 0.770. The molecule has 0 spiro atoms. The van der Waals surface area contributed by atoms with Gasteiger partial charge < -0.3 is 5.32 Å². The predicted molar refractivity (Wildman–Crippen MR) is 132 cm³/mol. The Kier molecular flexibility index (Phi) is 6.48. The molecule has 2 heterocycles. The van der Waals surface area contributed by atoms with E-state index in [1.54, 1.807) is 36.4 Å². The van der Waals surface area contributed by atoms with E-state index < -0.39 is 23.6 Å². The number of alkyl halides is 6. The van der Waals surface area contributed by atoms with E-state index in [9.17, 15) is 26.3 Å². The molecule has 192 valence electrons.